The quantitative estimate of drug-likeness (QED) is 0.417. The lowest BCUT2D eigenvalue weighted by Crippen LogP contribution is -2.14. The predicted octanol–water partition coefficient (Wildman–Crippen LogP) is 3.97. The fourth-order valence-electron chi connectivity index (χ4n) is 2.87. The molecule has 1 amide bonds. The topological polar surface area (TPSA) is 129 Å². The molecule has 3 N–H and O–H groups in total. The second-order valence-electron chi connectivity index (χ2n) is 6.68. The molecule has 1 aromatic heterocycles. The normalized spacial score (nSPS) is 12.2. The van der Waals surface area contributed by atoms with Gasteiger partial charge in [0.05, 0.1) is 11.3 Å². The van der Waals surface area contributed by atoms with Crippen molar-refractivity contribution < 1.29 is 32.7 Å². The Bertz CT molecular complexity index is 1150. The Labute approximate surface area is 179 Å². The van der Waals surface area contributed by atoms with Crippen LogP contribution in [0.1, 0.15) is 27.7 Å². The Balaban J connectivity index is 1.90. The standard InChI is InChI=1S/C21H16F3N3O5/c22-21(23,24)13-6-9-19(15(10-13)18(28)11-27(30)31)32-14-7-4-12(5-8-14)16-2-1-3-17(26-16)20(25)29/h1-10,18,28H,11H2,(H2,25,29). The largest absolute Gasteiger partial charge is 0.457 e. The van der Waals surface area contributed by atoms with Gasteiger partial charge in [-0.1, -0.05) is 6.07 Å². The number of halogens is 3. The van der Waals surface area contributed by atoms with Crippen LogP contribution in [0, 0.1) is 10.1 Å². The number of aromatic nitrogens is 1. The highest BCUT2D eigenvalue weighted by molar-refractivity contribution is 5.91. The number of aliphatic hydroxyl groups is 1. The Morgan fingerprint density at radius 2 is 1.84 bits per heavy atom. The molecule has 3 rings (SSSR count). The highest BCUT2D eigenvalue weighted by Gasteiger charge is 2.32. The van der Waals surface area contributed by atoms with E-state index in [0.717, 1.165) is 12.1 Å². The highest BCUT2D eigenvalue weighted by Crippen LogP contribution is 2.37. The minimum atomic E-state index is -4.70. The van der Waals surface area contributed by atoms with Gasteiger partial charge >= 0.3 is 6.18 Å². The first-order chi connectivity index (χ1) is 15.0. The molecule has 0 spiro atoms. The van der Waals surface area contributed by atoms with Gasteiger partial charge < -0.3 is 15.6 Å². The van der Waals surface area contributed by atoms with Gasteiger partial charge in [-0.3, -0.25) is 14.9 Å². The van der Waals surface area contributed by atoms with Crippen molar-refractivity contribution in [2.45, 2.75) is 12.3 Å². The maximum absolute atomic E-state index is 13.0. The summed E-state index contributed by atoms with van der Waals surface area (Å²) in [6, 6.07) is 13.3. The summed E-state index contributed by atoms with van der Waals surface area (Å²) in [5.41, 5.74) is 4.94. The van der Waals surface area contributed by atoms with Crippen molar-refractivity contribution in [3.8, 4) is 22.8 Å². The number of rotatable bonds is 7. The van der Waals surface area contributed by atoms with E-state index in [2.05, 4.69) is 4.98 Å². The van der Waals surface area contributed by atoms with Crippen LogP contribution in [-0.2, 0) is 6.18 Å². The zero-order valence-corrected chi connectivity index (χ0v) is 16.2. The molecule has 0 aliphatic heterocycles. The van der Waals surface area contributed by atoms with Crippen molar-refractivity contribution in [2.75, 3.05) is 6.54 Å². The van der Waals surface area contributed by atoms with Crippen LogP contribution in [0.2, 0.25) is 0 Å². The number of pyridine rings is 1. The summed E-state index contributed by atoms with van der Waals surface area (Å²) < 4.78 is 44.7. The third-order valence-electron chi connectivity index (χ3n) is 4.40. The van der Waals surface area contributed by atoms with Gasteiger partial charge in [-0.25, -0.2) is 4.98 Å². The number of primary amides is 1. The second-order valence-corrected chi connectivity index (χ2v) is 6.68. The molecule has 0 aliphatic rings. The molecule has 32 heavy (non-hydrogen) atoms. The summed E-state index contributed by atoms with van der Waals surface area (Å²) in [5, 5.41) is 20.8. The minimum absolute atomic E-state index is 0.0806. The number of ether oxygens (including phenoxy) is 1. The predicted molar refractivity (Wildman–Crippen MR) is 107 cm³/mol. The van der Waals surface area contributed by atoms with Crippen LogP contribution in [0.5, 0.6) is 11.5 Å². The summed E-state index contributed by atoms with van der Waals surface area (Å²) in [6.45, 7) is -0.988. The molecule has 0 fully saturated rings. The zero-order chi connectivity index (χ0) is 23.5. The number of alkyl halides is 3. The smallest absolute Gasteiger partial charge is 0.416 e. The SMILES string of the molecule is NC(=O)c1cccc(-c2ccc(Oc3ccc(C(F)(F)F)cc3C(O)C[N+](=O)[O-])cc2)n1. The van der Waals surface area contributed by atoms with Crippen molar-refractivity contribution in [1.82, 2.24) is 4.98 Å². The van der Waals surface area contributed by atoms with E-state index in [0.29, 0.717) is 17.3 Å². The Morgan fingerprint density at radius 3 is 2.44 bits per heavy atom. The lowest BCUT2D eigenvalue weighted by Gasteiger charge is -2.16. The van der Waals surface area contributed by atoms with Crippen molar-refractivity contribution in [3.05, 3.63) is 87.6 Å². The van der Waals surface area contributed by atoms with Crippen LogP contribution in [0.3, 0.4) is 0 Å². The monoisotopic (exact) mass is 447 g/mol. The lowest BCUT2D eigenvalue weighted by atomic mass is 10.0. The van der Waals surface area contributed by atoms with Crippen LogP contribution in [0.15, 0.2) is 60.7 Å². The Hall–Kier alpha value is -3.99. The van der Waals surface area contributed by atoms with E-state index in [9.17, 15) is 33.2 Å². The third-order valence-corrected chi connectivity index (χ3v) is 4.40. The molecule has 1 atom stereocenters. The molecular weight excluding hydrogens is 431 g/mol. The number of nitrogens with zero attached hydrogens (tertiary/aromatic N) is 2. The van der Waals surface area contributed by atoms with E-state index in [1.807, 2.05) is 0 Å². The number of nitrogens with two attached hydrogens (primary N) is 1. The van der Waals surface area contributed by atoms with Gasteiger partial charge in [0.25, 0.3) is 5.91 Å². The minimum Gasteiger partial charge on any atom is -0.457 e. The molecule has 11 heteroatoms. The molecule has 8 nitrogen and oxygen atoms in total. The fourth-order valence-corrected chi connectivity index (χ4v) is 2.87. The molecular formula is C21H16F3N3O5. The van der Waals surface area contributed by atoms with Gasteiger partial charge in [0.2, 0.25) is 6.54 Å². The van der Waals surface area contributed by atoms with Crippen LogP contribution < -0.4 is 10.5 Å². The number of carbonyl (C=O) groups is 1. The molecule has 1 heterocycles. The van der Waals surface area contributed by atoms with Gasteiger partial charge in [0, 0.05) is 16.1 Å². The van der Waals surface area contributed by atoms with Gasteiger partial charge in [0.1, 0.15) is 23.3 Å². The number of hydrogen-bond acceptors (Lipinski definition) is 6. The summed E-state index contributed by atoms with van der Waals surface area (Å²) in [5.74, 6) is -0.641. The highest BCUT2D eigenvalue weighted by atomic mass is 19.4. The number of benzene rings is 2. The Kier molecular flexibility index (Phi) is 6.40. The molecule has 1 unspecified atom stereocenters. The second kappa shape index (κ2) is 9.02. The van der Waals surface area contributed by atoms with E-state index in [4.69, 9.17) is 10.5 Å². The maximum Gasteiger partial charge on any atom is 0.416 e. The molecule has 0 saturated carbocycles. The number of hydrogen-bond donors (Lipinski definition) is 2. The van der Waals surface area contributed by atoms with Crippen molar-refractivity contribution in [3.63, 3.8) is 0 Å². The summed E-state index contributed by atoms with van der Waals surface area (Å²) in [7, 11) is 0. The van der Waals surface area contributed by atoms with E-state index in [1.54, 1.807) is 24.3 Å². The number of nitro groups is 1. The van der Waals surface area contributed by atoms with Crippen molar-refractivity contribution in [1.29, 1.82) is 0 Å². The molecule has 2 aromatic carbocycles. The van der Waals surface area contributed by atoms with Crippen LogP contribution in [-0.4, -0.2) is 27.5 Å². The molecule has 0 radical (unpaired) electrons. The molecule has 166 valence electrons. The average molecular weight is 447 g/mol. The van der Waals surface area contributed by atoms with Crippen molar-refractivity contribution in [2.24, 2.45) is 5.73 Å². The van der Waals surface area contributed by atoms with E-state index in [1.165, 1.54) is 18.2 Å². The van der Waals surface area contributed by atoms with Gasteiger partial charge in [-0.2, -0.15) is 13.2 Å². The van der Waals surface area contributed by atoms with E-state index >= 15 is 0 Å². The lowest BCUT2D eigenvalue weighted by molar-refractivity contribution is -0.491. The van der Waals surface area contributed by atoms with Crippen LogP contribution in [0.25, 0.3) is 11.3 Å². The first-order valence-corrected chi connectivity index (χ1v) is 9.11. The summed E-state index contributed by atoms with van der Waals surface area (Å²) >= 11 is 0. The van der Waals surface area contributed by atoms with Crippen LogP contribution >= 0.6 is 0 Å². The van der Waals surface area contributed by atoms with Gasteiger partial charge in [-0.05, 0) is 54.6 Å². The average Bonchev–Trinajstić information content (AvgIpc) is 2.73. The van der Waals surface area contributed by atoms with Gasteiger partial charge in [0.15, 0.2) is 0 Å². The van der Waals surface area contributed by atoms with Gasteiger partial charge in [-0.15, -0.1) is 0 Å². The molecule has 0 bridgehead atoms. The maximum atomic E-state index is 13.0. The number of carbonyl (C=O) groups excluding carboxylic acids is 1. The Morgan fingerprint density at radius 1 is 1.16 bits per heavy atom. The van der Waals surface area contributed by atoms with Crippen LogP contribution in [0.4, 0.5) is 13.2 Å². The summed E-state index contributed by atoms with van der Waals surface area (Å²) in [4.78, 5) is 25.3. The first-order valence-electron chi connectivity index (χ1n) is 9.11. The molecule has 3 aromatic rings. The first kappa shape index (κ1) is 22.7. The molecule has 0 saturated heterocycles. The number of aliphatic hydroxyl groups excluding tert-OH is 1. The fraction of sp³-hybridized carbons (Fsp3) is 0.143. The zero-order valence-electron chi connectivity index (χ0n) is 16.2. The van der Waals surface area contributed by atoms with E-state index < -0.39 is 35.2 Å². The third kappa shape index (κ3) is 5.38. The van der Waals surface area contributed by atoms with Crippen molar-refractivity contribution >= 4 is 5.91 Å². The molecule has 0 aliphatic carbocycles. The summed E-state index contributed by atoms with van der Waals surface area (Å²) in [6.07, 6.45) is -6.50. The number of amides is 1. The van der Waals surface area contributed by atoms with E-state index in [-0.39, 0.29) is 22.8 Å².